The first-order chi connectivity index (χ1) is 17.6. The highest BCUT2D eigenvalue weighted by Crippen LogP contribution is 2.17. The molecule has 1 amide bonds. The quantitative estimate of drug-likeness (QED) is 0.0987. The number of esters is 2. The van der Waals surface area contributed by atoms with E-state index in [-0.39, 0.29) is 30.1 Å². The molecule has 2 aromatic rings. The van der Waals surface area contributed by atoms with E-state index in [2.05, 4.69) is 6.58 Å². The SMILES string of the molecule is C=CCN(C(=O)/C(C)=C/c1ccc(C(=O)Oc2ccc(C(=N)N)cc2)cc1)[C@@H](CC(=O)O)C(=O)OCC. The molecule has 0 unspecified atom stereocenters. The predicted octanol–water partition coefficient (Wildman–Crippen LogP) is 3.01. The normalized spacial score (nSPS) is 11.7. The third kappa shape index (κ3) is 8.17. The molecule has 37 heavy (non-hydrogen) atoms. The van der Waals surface area contributed by atoms with Crippen LogP contribution in [0.1, 0.15) is 41.8 Å². The third-order valence-electron chi connectivity index (χ3n) is 5.13. The van der Waals surface area contributed by atoms with Crippen molar-refractivity contribution in [2.45, 2.75) is 26.3 Å². The van der Waals surface area contributed by atoms with Crippen LogP contribution in [-0.4, -0.2) is 58.9 Å². The lowest BCUT2D eigenvalue weighted by Crippen LogP contribution is -2.47. The number of carboxylic acid groups (broad SMARTS) is 1. The minimum atomic E-state index is -1.31. The average Bonchev–Trinajstić information content (AvgIpc) is 2.86. The van der Waals surface area contributed by atoms with Gasteiger partial charge in [0.2, 0.25) is 0 Å². The maximum absolute atomic E-state index is 13.1. The van der Waals surface area contributed by atoms with Gasteiger partial charge in [0.05, 0.1) is 18.6 Å². The fourth-order valence-corrected chi connectivity index (χ4v) is 3.34. The van der Waals surface area contributed by atoms with E-state index >= 15 is 0 Å². The minimum absolute atomic E-state index is 0.0401. The first-order valence-electron chi connectivity index (χ1n) is 11.3. The number of nitrogens with one attached hydrogen (secondary N) is 1. The molecule has 0 bridgehead atoms. The van der Waals surface area contributed by atoms with Crippen LogP contribution >= 0.6 is 0 Å². The molecule has 10 heteroatoms. The van der Waals surface area contributed by atoms with Crippen LogP contribution < -0.4 is 10.5 Å². The molecule has 0 saturated heterocycles. The Morgan fingerprint density at radius 3 is 2.19 bits per heavy atom. The molecule has 0 radical (unpaired) electrons. The summed E-state index contributed by atoms with van der Waals surface area (Å²) in [4.78, 5) is 50.4. The fourth-order valence-electron chi connectivity index (χ4n) is 3.34. The van der Waals surface area contributed by atoms with E-state index in [1.807, 2.05) is 0 Å². The number of nitrogens with zero attached hydrogens (tertiary/aromatic N) is 1. The molecule has 0 aliphatic rings. The Bertz CT molecular complexity index is 1200. The molecule has 10 nitrogen and oxygen atoms in total. The monoisotopic (exact) mass is 507 g/mol. The summed E-state index contributed by atoms with van der Waals surface area (Å²) in [6, 6.07) is 11.2. The lowest BCUT2D eigenvalue weighted by Gasteiger charge is -2.28. The summed E-state index contributed by atoms with van der Waals surface area (Å²) in [7, 11) is 0. The topological polar surface area (TPSA) is 160 Å². The molecule has 2 aromatic carbocycles. The van der Waals surface area contributed by atoms with Crippen LogP contribution in [0.3, 0.4) is 0 Å². The van der Waals surface area contributed by atoms with E-state index in [1.54, 1.807) is 37.3 Å². The molecule has 0 heterocycles. The van der Waals surface area contributed by atoms with E-state index in [4.69, 9.17) is 20.6 Å². The summed E-state index contributed by atoms with van der Waals surface area (Å²) in [6.45, 7) is 6.70. The average molecular weight is 508 g/mol. The van der Waals surface area contributed by atoms with Crippen molar-refractivity contribution in [3.63, 3.8) is 0 Å². The molecule has 4 N–H and O–H groups in total. The van der Waals surface area contributed by atoms with Gasteiger partial charge in [-0.3, -0.25) is 15.0 Å². The highest BCUT2D eigenvalue weighted by atomic mass is 16.5. The standard InChI is InChI=1S/C27H29N3O7/c1-4-14-30(22(16-23(31)32)27(35)36-5-2)25(33)17(3)15-18-6-8-20(9-7-18)26(34)37-21-12-10-19(11-13-21)24(28)29/h4,6-13,15,22H,1,5,14,16H2,2-3H3,(H3,28,29)(H,31,32)/b17-15+/t22-/m0/s1. The summed E-state index contributed by atoms with van der Waals surface area (Å²) < 4.78 is 10.3. The third-order valence-corrected chi connectivity index (χ3v) is 5.13. The van der Waals surface area contributed by atoms with Gasteiger partial charge in [-0.1, -0.05) is 18.2 Å². The number of rotatable bonds is 12. The number of carbonyl (C=O) groups excluding carboxylic acids is 3. The smallest absolute Gasteiger partial charge is 0.343 e. The molecule has 0 aliphatic heterocycles. The highest BCUT2D eigenvalue weighted by Gasteiger charge is 2.32. The number of carbonyl (C=O) groups is 4. The summed E-state index contributed by atoms with van der Waals surface area (Å²) in [6.07, 6.45) is 2.34. The first-order valence-corrected chi connectivity index (χ1v) is 11.3. The molecule has 0 saturated carbocycles. The number of amides is 1. The van der Waals surface area contributed by atoms with E-state index in [0.29, 0.717) is 16.9 Å². The van der Waals surface area contributed by atoms with Crippen molar-refractivity contribution >= 4 is 35.7 Å². The number of aliphatic carboxylic acids is 1. The molecule has 194 valence electrons. The van der Waals surface area contributed by atoms with Crippen molar-refractivity contribution in [3.8, 4) is 5.75 Å². The Hall–Kier alpha value is -4.73. The number of benzene rings is 2. The molecular weight excluding hydrogens is 478 g/mol. The number of ether oxygens (including phenoxy) is 2. The highest BCUT2D eigenvalue weighted by molar-refractivity contribution is 6.00. The van der Waals surface area contributed by atoms with Crippen molar-refractivity contribution in [1.82, 2.24) is 4.90 Å². The second kappa shape index (κ2) is 13.4. The van der Waals surface area contributed by atoms with E-state index in [0.717, 1.165) is 4.90 Å². The van der Waals surface area contributed by atoms with Gasteiger partial charge in [0.15, 0.2) is 0 Å². The van der Waals surface area contributed by atoms with Crippen molar-refractivity contribution in [2.24, 2.45) is 5.73 Å². The van der Waals surface area contributed by atoms with Crippen LogP contribution in [0, 0.1) is 5.41 Å². The van der Waals surface area contributed by atoms with Gasteiger partial charge in [0.25, 0.3) is 5.91 Å². The van der Waals surface area contributed by atoms with Gasteiger partial charge in [-0.2, -0.15) is 0 Å². The van der Waals surface area contributed by atoms with Crippen molar-refractivity contribution in [3.05, 3.63) is 83.4 Å². The Labute approximate surface area is 214 Å². The number of nitrogen functional groups attached to an aromatic ring is 1. The Balaban J connectivity index is 2.18. The van der Waals surface area contributed by atoms with Gasteiger partial charge >= 0.3 is 17.9 Å². The summed E-state index contributed by atoms with van der Waals surface area (Å²) >= 11 is 0. The second-order valence-electron chi connectivity index (χ2n) is 7.89. The van der Waals surface area contributed by atoms with Gasteiger partial charge in [-0.25, -0.2) is 9.59 Å². The number of carboxylic acids is 1. The second-order valence-corrected chi connectivity index (χ2v) is 7.89. The van der Waals surface area contributed by atoms with Crippen LogP contribution in [0.2, 0.25) is 0 Å². The Morgan fingerprint density at radius 2 is 1.68 bits per heavy atom. The molecule has 1 atom stereocenters. The number of hydrogen-bond donors (Lipinski definition) is 3. The molecule has 2 rings (SSSR count). The van der Waals surface area contributed by atoms with Crippen molar-refractivity contribution < 1.29 is 33.8 Å². The van der Waals surface area contributed by atoms with Crippen molar-refractivity contribution in [2.75, 3.05) is 13.2 Å². The fraction of sp³-hybridized carbons (Fsp3) is 0.222. The van der Waals surface area contributed by atoms with E-state index < -0.39 is 36.3 Å². The van der Waals surface area contributed by atoms with E-state index in [1.165, 1.54) is 37.3 Å². The van der Waals surface area contributed by atoms with Gasteiger partial charge in [0.1, 0.15) is 17.6 Å². The van der Waals surface area contributed by atoms with Gasteiger partial charge in [-0.15, -0.1) is 6.58 Å². The molecular formula is C27H29N3O7. The van der Waals surface area contributed by atoms with Crippen LogP contribution in [0.5, 0.6) is 5.75 Å². The van der Waals surface area contributed by atoms with Crippen LogP contribution in [0.15, 0.2) is 66.8 Å². The van der Waals surface area contributed by atoms with Gasteiger partial charge < -0.3 is 25.2 Å². The molecule has 0 fully saturated rings. The van der Waals surface area contributed by atoms with E-state index in [9.17, 15) is 24.3 Å². The van der Waals surface area contributed by atoms with Crippen LogP contribution in [0.25, 0.3) is 6.08 Å². The maximum atomic E-state index is 13.1. The lowest BCUT2D eigenvalue weighted by molar-refractivity contribution is -0.157. The number of hydrogen-bond acceptors (Lipinski definition) is 7. The predicted molar refractivity (Wildman–Crippen MR) is 137 cm³/mol. The number of nitrogens with two attached hydrogens (primary N) is 1. The summed E-state index contributed by atoms with van der Waals surface area (Å²) in [5, 5.41) is 16.6. The molecule has 0 aliphatic carbocycles. The zero-order valence-corrected chi connectivity index (χ0v) is 20.6. The first kappa shape index (κ1) is 28.5. The molecule has 0 aromatic heterocycles. The zero-order valence-electron chi connectivity index (χ0n) is 20.6. The van der Waals surface area contributed by atoms with Gasteiger partial charge in [-0.05, 0) is 61.9 Å². The zero-order chi connectivity index (χ0) is 27.5. The largest absolute Gasteiger partial charge is 0.481 e. The minimum Gasteiger partial charge on any atom is -0.481 e. The molecule has 0 spiro atoms. The Kier molecular flexibility index (Phi) is 10.3. The van der Waals surface area contributed by atoms with Crippen LogP contribution in [0.4, 0.5) is 0 Å². The summed E-state index contributed by atoms with van der Waals surface area (Å²) in [5.74, 6) is -3.02. The Morgan fingerprint density at radius 1 is 1.08 bits per heavy atom. The van der Waals surface area contributed by atoms with Crippen LogP contribution in [-0.2, 0) is 19.1 Å². The summed E-state index contributed by atoms with van der Waals surface area (Å²) in [5.41, 5.74) is 7.02. The lowest BCUT2D eigenvalue weighted by atomic mass is 10.1. The maximum Gasteiger partial charge on any atom is 0.343 e. The van der Waals surface area contributed by atoms with Gasteiger partial charge in [0, 0.05) is 17.7 Å². The van der Waals surface area contributed by atoms with Crippen molar-refractivity contribution in [1.29, 1.82) is 5.41 Å². The number of amidine groups is 1.